The van der Waals surface area contributed by atoms with E-state index in [2.05, 4.69) is 5.48 Å². The zero-order valence-corrected chi connectivity index (χ0v) is 10.1. The van der Waals surface area contributed by atoms with Crippen LogP contribution in [0, 0.1) is 0 Å². The van der Waals surface area contributed by atoms with E-state index in [4.69, 9.17) is 9.94 Å². The predicted molar refractivity (Wildman–Crippen MR) is 58.2 cm³/mol. The van der Waals surface area contributed by atoms with Gasteiger partial charge in [-0.15, -0.1) is 0 Å². The van der Waals surface area contributed by atoms with Crippen molar-refractivity contribution in [2.24, 2.45) is 0 Å². The molecule has 5 heteroatoms. The number of hydrogen-bond acceptors (Lipinski definition) is 4. The van der Waals surface area contributed by atoms with Crippen LogP contribution in [0.2, 0.25) is 0 Å². The van der Waals surface area contributed by atoms with Crippen LogP contribution in [0.15, 0.2) is 0 Å². The number of rotatable bonds is 1. The average molecular weight is 228 g/mol. The number of amides is 1. The summed E-state index contributed by atoms with van der Waals surface area (Å²) in [5.74, 6) is 0. The molecule has 2 aliphatic heterocycles. The highest BCUT2D eigenvalue weighted by atomic mass is 16.6. The van der Waals surface area contributed by atoms with Gasteiger partial charge >= 0.3 is 6.09 Å². The zero-order valence-electron chi connectivity index (χ0n) is 10.1. The number of hydrogen-bond donors (Lipinski definition) is 2. The van der Waals surface area contributed by atoms with Gasteiger partial charge in [0.25, 0.3) is 0 Å². The Balaban J connectivity index is 2.03. The minimum atomic E-state index is -0.457. The van der Waals surface area contributed by atoms with Crippen LogP contribution in [0.25, 0.3) is 0 Å². The molecule has 2 saturated heterocycles. The SMILES string of the molecule is CC(C)(C)OC(=O)N1C2CCC1C(NO)C2. The van der Waals surface area contributed by atoms with Crippen LogP contribution in [-0.4, -0.2) is 39.9 Å². The van der Waals surface area contributed by atoms with E-state index < -0.39 is 5.60 Å². The van der Waals surface area contributed by atoms with Crippen LogP contribution < -0.4 is 5.48 Å². The molecule has 2 rings (SSSR count). The van der Waals surface area contributed by atoms with E-state index in [1.54, 1.807) is 4.90 Å². The Morgan fingerprint density at radius 3 is 2.62 bits per heavy atom. The lowest BCUT2D eigenvalue weighted by Gasteiger charge is -2.28. The highest BCUT2D eigenvalue weighted by Crippen LogP contribution is 2.38. The number of carbonyl (C=O) groups excluding carboxylic acids is 1. The number of carbonyl (C=O) groups is 1. The Bertz CT molecular complexity index is 287. The molecule has 2 heterocycles. The molecule has 0 saturated carbocycles. The first kappa shape index (κ1) is 11.7. The Labute approximate surface area is 95.7 Å². The summed E-state index contributed by atoms with van der Waals surface area (Å²) in [5.41, 5.74) is 1.84. The van der Waals surface area contributed by atoms with Crippen molar-refractivity contribution < 1.29 is 14.7 Å². The molecule has 2 bridgehead atoms. The van der Waals surface area contributed by atoms with E-state index in [0.717, 1.165) is 19.3 Å². The largest absolute Gasteiger partial charge is 0.444 e. The summed E-state index contributed by atoms with van der Waals surface area (Å²) in [4.78, 5) is 13.8. The van der Waals surface area contributed by atoms with Crippen molar-refractivity contribution >= 4 is 6.09 Å². The predicted octanol–water partition coefficient (Wildman–Crippen LogP) is 1.51. The molecule has 0 aliphatic carbocycles. The van der Waals surface area contributed by atoms with Crippen molar-refractivity contribution in [2.45, 2.75) is 63.8 Å². The molecule has 3 atom stereocenters. The van der Waals surface area contributed by atoms with Gasteiger partial charge in [0, 0.05) is 6.04 Å². The molecule has 92 valence electrons. The second-order valence-corrected chi connectivity index (χ2v) is 5.66. The molecular formula is C11H20N2O3. The first-order valence-corrected chi connectivity index (χ1v) is 5.83. The van der Waals surface area contributed by atoms with Crippen LogP contribution in [-0.2, 0) is 4.74 Å². The molecule has 3 unspecified atom stereocenters. The Morgan fingerprint density at radius 2 is 2.12 bits per heavy atom. The minimum absolute atomic E-state index is 0.00580. The van der Waals surface area contributed by atoms with Gasteiger partial charge in [-0.05, 0) is 40.0 Å². The van der Waals surface area contributed by atoms with E-state index in [0.29, 0.717) is 0 Å². The molecule has 2 N–H and O–H groups in total. The molecule has 5 nitrogen and oxygen atoms in total. The van der Waals surface area contributed by atoms with Crippen molar-refractivity contribution in [3.63, 3.8) is 0 Å². The second-order valence-electron chi connectivity index (χ2n) is 5.66. The van der Waals surface area contributed by atoms with Crippen molar-refractivity contribution in [3.8, 4) is 0 Å². The summed E-state index contributed by atoms with van der Waals surface area (Å²) < 4.78 is 5.37. The quantitative estimate of drug-likeness (QED) is 0.668. The molecule has 16 heavy (non-hydrogen) atoms. The standard InChI is InChI=1S/C11H20N2O3/c1-11(2,3)16-10(14)13-7-4-5-9(13)8(6-7)12-15/h7-9,12,15H,4-6H2,1-3H3. The molecule has 2 fully saturated rings. The Kier molecular flexibility index (Phi) is 2.84. The average Bonchev–Trinajstić information content (AvgIpc) is 2.70. The number of fused-ring (bicyclic) bond motifs is 2. The lowest BCUT2D eigenvalue weighted by Crippen LogP contribution is -2.44. The van der Waals surface area contributed by atoms with Crippen molar-refractivity contribution in [2.75, 3.05) is 0 Å². The number of ether oxygens (including phenoxy) is 1. The van der Waals surface area contributed by atoms with Crippen molar-refractivity contribution in [3.05, 3.63) is 0 Å². The minimum Gasteiger partial charge on any atom is -0.444 e. The van der Waals surface area contributed by atoms with Gasteiger partial charge < -0.3 is 14.8 Å². The van der Waals surface area contributed by atoms with E-state index >= 15 is 0 Å². The van der Waals surface area contributed by atoms with Gasteiger partial charge in [0.05, 0.1) is 12.1 Å². The molecule has 1 amide bonds. The molecule has 0 aromatic carbocycles. The fourth-order valence-corrected chi connectivity index (χ4v) is 2.73. The molecule has 0 spiro atoms. The molecular weight excluding hydrogens is 208 g/mol. The first-order chi connectivity index (χ1) is 7.42. The lowest BCUT2D eigenvalue weighted by molar-refractivity contribution is 0.0189. The fraction of sp³-hybridized carbons (Fsp3) is 0.909. The van der Waals surface area contributed by atoms with Gasteiger partial charge in [-0.2, -0.15) is 0 Å². The summed E-state index contributed by atoms with van der Waals surface area (Å²) >= 11 is 0. The number of nitrogens with zero attached hydrogens (tertiary/aromatic N) is 1. The monoisotopic (exact) mass is 228 g/mol. The van der Waals surface area contributed by atoms with Gasteiger partial charge in [0.2, 0.25) is 0 Å². The normalized spacial score (nSPS) is 33.2. The van der Waals surface area contributed by atoms with Crippen molar-refractivity contribution in [1.82, 2.24) is 10.4 Å². The van der Waals surface area contributed by atoms with E-state index in [1.807, 2.05) is 20.8 Å². The van der Waals surface area contributed by atoms with E-state index in [-0.39, 0.29) is 24.2 Å². The maximum Gasteiger partial charge on any atom is 0.410 e. The highest BCUT2D eigenvalue weighted by molar-refractivity contribution is 5.70. The number of hydroxylamine groups is 1. The summed E-state index contributed by atoms with van der Waals surface area (Å²) in [5, 5.41) is 8.99. The van der Waals surface area contributed by atoms with E-state index in [1.165, 1.54) is 0 Å². The van der Waals surface area contributed by atoms with Crippen LogP contribution >= 0.6 is 0 Å². The third kappa shape index (κ3) is 2.01. The first-order valence-electron chi connectivity index (χ1n) is 5.83. The maximum atomic E-state index is 12.0. The van der Waals surface area contributed by atoms with Crippen molar-refractivity contribution in [1.29, 1.82) is 0 Å². The zero-order chi connectivity index (χ0) is 11.9. The lowest BCUT2D eigenvalue weighted by atomic mass is 9.96. The van der Waals surface area contributed by atoms with Crippen LogP contribution in [0.5, 0.6) is 0 Å². The molecule has 0 radical (unpaired) electrons. The summed E-state index contributed by atoms with van der Waals surface area (Å²) in [6.07, 6.45) is 2.53. The molecule has 0 aromatic heterocycles. The Hall–Kier alpha value is -0.810. The highest BCUT2D eigenvalue weighted by Gasteiger charge is 2.49. The van der Waals surface area contributed by atoms with Crippen LogP contribution in [0.1, 0.15) is 40.0 Å². The molecule has 2 aliphatic rings. The van der Waals surface area contributed by atoms with Crippen LogP contribution in [0.3, 0.4) is 0 Å². The third-order valence-corrected chi connectivity index (χ3v) is 3.31. The van der Waals surface area contributed by atoms with E-state index in [9.17, 15) is 4.79 Å². The fourth-order valence-electron chi connectivity index (χ4n) is 2.73. The topological polar surface area (TPSA) is 61.8 Å². The van der Waals surface area contributed by atoms with Gasteiger partial charge in [0.1, 0.15) is 5.60 Å². The summed E-state index contributed by atoms with van der Waals surface area (Å²) in [6.45, 7) is 5.60. The summed E-state index contributed by atoms with van der Waals surface area (Å²) in [6, 6.07) is 0.320. The van der Waals surface area contributed by atoms with Gasteiger partial charge in [0.15, 0.2) is 0 Å². The number of nitrogens with one attached hydrogen (secondary N) is 1. The molecule has 0 aromatic rings. The van der Waals surface area contributed by atoms with Gasteiger partial charge in [-0.25, -0.2) is 10.3 Å². The second kappa shape index (κ2) is 3.89. The van der Waals surface area contributed by atoms with Gasteiger partial charge in [-0.3, -0.25) is 0 Å². The Morgan fingerprint density at radius 1 is 1.44 bits per heavy atom. The van der Waals surface area contributed by atoms with Gasteiger partial charge in [-0.1, -0.05) is 0 Å². The summed E-state index contributed by atoms with van der Waals surface area (Å²) in [7, 11) is 0. The smallest absolute Gasteiger partial charge is 0.410 e. The van der Waals surface area contributed by atoms with Crippen LogP contribution in [0.4, 0.5) is 4.79 Å². The third-order valence-electron chi connectivity index (χ3n) is 3.31. The maximum absolute atomic E-state index is 12.0.